The van der Waals surface area contributed by atoms with E-state index in [2.05, 4.69) is 21.2 Å². The molecule has 1 aromatic carbocycles. The number of likely N-dealkylation sites (N-methyl/N-ethyl adjacent to an activating group) is 1. The molecule has 1 aliphatic carbocycles. The average Bonchev–Trinajstić information content (AvgIpc) is 2.41. The lowest BCUT2D eigenvalue weighted by Crippen LogP contribution is -2.60. The normalized spacial score (nSPS) is 25.3. The van der Waals surface area contributed by atoms with Crippen LogP contribution in [0.3, 0.4) is 0 Å². The van der Waals surface area contributed by atoms with Gasteiger partial charge in [0.05, 0.1) is 18.2 Å². The van der Waals surface area contributed by atoms with Gasteiger partial charge in [-0.2, -0.15) is 0 Å². The second-order valence-corrected chi connectivity index (χ2v) is 6.01. The topological polar surface area (TPSA) is 39.7 Å². The van der Waals surface area contributed by atoms with Crippen molar-refractivity contribution < 1.29 is 14.2 Å². The minimum Gasteiger partial charge on any atom is -0.486 e. The molecule has 2 rings (SSSR count). The smallest absolute Gasteiger partial charge is 0.138 e. The highest BCUT2D eigenvalue weighted by Crippen LogP contribution is 2.34. The molecule has 3 unspecified atom stereocenters. The summed E-state index contributed by atoms with van der Waals surface area (Å²) in [6.07, 6.45) is 0.943. The molecule has 0 spiro atoms. The number of hydrogen-bond acceptors (Lipinski definition) is 4. The van der Waals surface area contributed by atoms with Gasteiger partial charge in [0.15, 0.2) is 0 Å². The predicted octanol–water partition coefficient (Wildman–Crippen LogP) is 2.87. The third kappa shape index (κ3) is 3.86. The summed E-state index contributed by atoms with van der Waals surface area (Å²) in [5.74, 6) is 0.690. The van der Waals surface area contributed by atoms with Crippen LogP contribution in [0.5, 0.6) is 5.75 Å². The summed E-state index contributed by atoms with van der Waals surface area (Å²) in [5.41, 5.74) is 0. The molecule has 6 heteroatoms. The van der Waals surface area contributed by atoms with Gasteiger partial charge in [0.1, 0.15) is 18.0 Å². The van der Waals surface area contributed by atoms with Crippen LogP contribution in [0.25, 0.3) is 0 Å². The van der Waals surface area contributed by atoms with Crippen molar-refractivity contribution in [1.29, 1.82) is 0 Å². The summed E-state index contributed by atoms with van der Waals surface area (Å²) in [7, 11) is 3.59. The molecular weight excluding hydrogens is 346 g/mol. The van der Waals surface area contributed by atoms with Gasteiger partial charge < -0.3 is 19.5 Å². The molecule has 1 N–H and O–H groups in total. The summed E-state index contributed by atoms with van der Waals surface area (Å²) in [6.45, 7) is 1.14. The second-order valence-electron chi connectivity index (χ2n) is 4.69. The highest BCUT2D eigenvalue weighted by atomic mass is 79.9. The Kier molecular flexibility index (Phi) is 6.11. The van der Waals surface area contributed by atoms with Gasteiger partial charge in [-0.3, -0.25) is 0 Å². The molecule has 0 aromatic heterocycles. The maximum absolute atomic E-state index is 6.17. The van der Waals surface area contributed by atoms with Crippen LogP contribution < -0.4 is 10.1 Å². The van der Waals surface area contributed by atoms with Crippen LogP contribution in [-0.4, -0.2) is 45.6 Å². The summed E-state index contributed by atoms with van der Waals surface area (Å²) in [4.78, 5) is 0. The van der Waals surface area contributed by atoms with E-state index in [0.29, 0.717) is 30.0 Å². The average molecular weight is 365 g/mol. The number of hydrogen-bond donors (Lipinski definition) is 1. The Bertz CT molecular complexity index is 446. The SMILES string of the molecule is CNC1CC(Oc2ccc(Br)cc2Cl)C1OCCOC. The van der Waals surface area contributed by atoms with Crippen molar-refractivity contribution in [3.05, 3.63) is 27.7 Å². The van der Waals surface area contributed by atoms with Crippen molar-refractivity contribution >= 4 is 27.5 Å². The van der Waals surface area contributed by atoms with Gasteiger partial charge in [-0.1, -0.05) is 27.5 Å². The van der Waals surface area contributed by atoms with E-state index in [4.69, 9.17) is 25.8 Å². The van der Waals surface area contributed by atoms with Gasteiger partial charge in [0, 0.05) is 24.0 Å². The van der Waals surface area contributed by atoms with Crippen molar-refractivity contribution in [3.8, 4) is 5.75 Å². The number of benzene rings is 1. The summed E-state index contributed by atoms with van der Waals surface area (Å²) in [5, 5.41) is 3.83. The van der Waals surface area contributed by atoms with Crippen LogP contribution in [0, 0.1) is 0 Å². The van der Waals surface area contributed by atoms with E-state index >= 15 is 0 Å². The number of ether oxygens (including phenoxy) is 3. The fourth-order valence-corrected chi connectivity index (χ4v) is 2.92. The molecule has 1 saturated carbocycles. The molecule has 3 atom stereocenters. The molecule has 0 saturated heterocycles. The van der Waals surface area contributed by atoms with Crippen molar-refractivity contribution in [1.82, 2.24) is 5.32 Å². The largest absolute Gasteiger partial charge is 0.486 e. The fourth-order valence-electron chi connectivity index (χ4n) is 2.20. The van der Waals surface area contributed by atoms with Crippen LogP contribution in [0.4, 0.5) is 0 Å². The Hall–Kier alpha value is -0.330. The quantitative estimate of drug-likeness (QED) is 0.755. The maximum Gasteiger partial charge on any atom is 0.138 e. The maximum atomic E-state index is 6.17. The standard InChI is InChI=1S/C14H19BrClNO3/c1-17-11-8-13(14(11)19-6-5-18-2)20-12-4-3-9(15)7-10(12)16/h3-4,7,11,13-14,17H,5-6,8H2,1-2H3. The number of rotatable bonds is 7. The van der Waals surface area contributed by atoms with Crippen LogP contribution >= 0.6 is 27.5 Å². The summed E-state index contributed by atoms with van der Waals surface area (Å²) >= 11 is 9.55. The Morgan fingerprint density at radius 3 is 2.85 bits per heavy atom. The van der Waals surface area contributed by atoms with Gasteiger partial charge in [0.2, 0.25) is 0 Å². The predicted molar refractivity (Wildman–Crippen MR) is 82.6 cm³/mol. The summed E-state index contributed by atoms with van der Waals surface area (Å²) < 4.78 is 17.7. The summed E-state index contributed by atoms with van der Waals surface area (Å²) in [6, 6.07) is 5.92. The first-order chi connectivity index (χ1) is 9.65. The van der Waals surface area contributed by atoms with Crippen LogP contribution in [0.15, 0.2) is 22.7 Å². The number of halogens is 2. The Morgan fingerprint density at radius 2 is 2.20 bits per heavy atom. The lowest BCUT2D eigenvalue weighted by molar-refractivity contribution is -0.114. The van der Waals surface area contributed by atoms with Gasteiger partial charge >= 0.3 is 0 Å². The van der Waals surface area contributed by atoms with Crippen molar-refractivity contribution in [3.63, 3.8) is 0 Å². The molecule has 4 nitrogen and oxygen atoms in total. The molecule has 0 heterocycles. The van der Waals surface area contributed by atoms with E-state index in [1.165, 1.54) is 0 Å². The zero-order valence-electron chi connectivity index (χ0n) is 11.6. The number of methoxy groups -OCH3 is 1. The number of nitrogens with one attached hydrogen (secondary N) is 1. The first-order valence-electron chi connectivity index (χ1n) is 6.55. The van der Waals surface area contributed by atoms with Crippen molar-refractivity contribution in [2.45, 2.75) is 24.7 Å². The molecule has 0 radical (unpaired) electrons. The van der Waals surface area contributed by atoms with Crippen LogP contribution in [0.1, 0.15) is 6.42 Å². The highest BCUT2D eigenvalue weighted by molar-refractivity contribution is 9.10. The molecule has 1 aromatic rings. The third-order valence-corrected chi connectivity index (χ3v) is 4.18. The van der Waals surface area contributed by atoms with E-state index in [-0.39, 0.29) is 12.2 Å². The lowest BCUT2D eigenvalue weighted by Gasteiger charge is -2.43. The van der Waals surface area contributed by atoms with E-state index in [1.807, 2.05) is 25.2 Å². The van der Waals surface area contributed by atoms with Gasteiger partial charge in [-0.15, -0.1) is 0 Å². The van der Waals surface area contributed by atoms with Crippen molar-refractivity contribution in [2.24, 2.45) is 0 Å². The Balaban J connectivity index is 1.94. The first-order valence-corrected chi connectivity index (χ1v) is 7.72. The molecule has 112 valence electrons. The zero-order chi connectivity index (χ0) is 14.5. The molecule has 1 aliphatic rings. The highest BCUT2D eigenvalue weighted by Gasteiger charge is 2.43. The first kappa shape index (κ1) is 16.0. The van der Waals surface area contributed by atoms with E-state index in [0.717, 1.165) is 10.9 Å². The second kappa shape index (κ2) is 7.61. The molecule has 0 amide bonds. The minimum absolute atomic E-state index is 0.0166. The van der Waals surface area contributed by atoms with Gasteiger partial charge in [-0.25, -0.2) is 0 Å². The Morgan fingerprint density at radius 1 is 1.40 bits per heavy atom. The molecular formula is C14H19BrClNO3. The zero-order valence-corrected chi connectivity index (χ0v) is 13.9. The van der Waals surface area contributed by atoms with Crippen molar-refractivity contribution in [2.75, 3.05) is 27.4 Å². The Labute approximate surface area is 132 Å². The third-order valence-electron chi connectivity index (χ3n) is 3.39. The monoisotopic (exact) mass is 363 g/mol. The lowest BCUT2D eigenvalue weighted by atomic mass is 9.85. The molecule has 0 bridgehead atoms. The van der Waals surface area contributed by atoms with Gasteiger partial charge in [0.25, 0.3) is 0 Å². The fraction of sp³-hybridized carbons (Fsp3) is 0.571. The van der Waals surface area contributed by atoms with Crippen LogP contribution in [-0.2, 0) is 9.47 Å². The minimum atomic E-state index is 0.0166. The van der Waals surface area contributed by atoms with E-state index in [1.54, 1.807) is 7.11 Å². The molecule has 20 heavy (non-hydrogen) atoms. The van der Waals surface area contributed by atoms with E-state index in [9.17, 15) is 0 Å². The van der Waals surface area contributed by atoms with Crippen LogP contribution in [0.2, 0.25) is 5.02 Å². The van der Waals surface area contributed by atoms with E-state index < -0.39 is 0 Å². The van der Waals surface area contributed by atoms with Gasteiger partial charge in [-0.05, 0) is 25.2 Å². The molecule has 1 fully saturated rings. The molecule has 0 aliphatic heterocycles.